The van der Waals surface area contributed by atoms with Gasteiger partial charge in [0.2, 0.25) is 5.91 Å². The molecular formula is C22H24N2O4. The van der Waals surface area contributed by atoms with Gasteiger partial charge in [0.1, 0.15) is 0 Å². The number of amides is 2. The van der Waals surface area contributed by atoms with Gasteiger partial charge in [0.25, 0.3) is 5.91 Å². The standard InChI is InChI=1S/C22H24N2O4/c1-27-19-8-4-6-16-11-15(14-28-21(16)19)12-23-20(25)9-10-24-13-17-5-2-3-7-18(17)22(24)26/h2-8,15H,9-14H2,1H3,(H,23,25)/t15-/m0/s1. The van der Waals surface area contributed by atoms with Crippen LogP contribution in [-0.2, 0) is 17.8 Å². The second-order valence-corrected chi connectivity index (χ2v) is 7.27. The van der Waals surface area contributed by atoms with E-state index in [1.165, 1.54) is 0 Å². The molecule has 1 atom stereocenters. The second kappa shape index (κ2) is 7.92. The maximum absolute atomic E-state index is 12.4. The number of fused-ring (bicyclic) bond motifs is 2. The summed E-state index contributed by atoms with van der Waals surface area (Å²) in [6.07, 6.45) is 1.14. The van der Waals surface area contributed by atoms with Gasteiger partial charge in [-0.1, -0.05) is 30.3 Å². The van der Waals surface area contributed by atoms with Crippen molar-refractivity contribution in [1.29, 1.82) is 0 Å². The molecule has 0 fully saturated rings. The van der Waals surface area contributed by atoms with Gasteiger partial charge in [0.15, 0.2) is 11.5 Å². The Kier molecular flexibility index (Phi) is 5.19. The number of hydrogen-bond acceptors (Lipinski definition) is 4. The molecule has 0 aromatic heterocycles. The molecule has 2 aromatic rings. The van der Waals surface area contributed by atoms with Gasteiger partial charge in [-0.3, -0.25) is 9.59 Å². The van der Waals surface area contributed by atoms with Crippen LogP contribution in [0, 0.1) is 5.92 Å². The first kappa shape index (κ1) is 18.3. The molecule has 6 heteroatoms. The van der Waals surface area contributed by atoms with Crippen LogP contribution in [0.2, 0.25) is 0 Å². The number of nitrogens with one attached hydrogen (secondary N) is 1. The largest absolute Gasteiger partial charge is 0.493 e. The summed E-state index contributed by atoms with van der Waals surface area (Å²) in [6.45, 7) is 2.12. The van der Waals surface area contributed by atoms with E-state index in [4.69, 9.17) is 9.47 Å². The lowest BCUT2D eigenvalue weighted by atomic mass is 9.96. The zero-order valence-corrected chi connectivity index (χ0v) is 15.9. The first-order valence-corrected chi connectivity index (χ1v) is 9.58. The number of hydrogen-bond donors (Lipinski definition) is 1. The van der Waals surface area contributed by atoms with Gasteiger partial charge in [0.05, 0.1) is 13.7 Å². The Labute approximate surface area is 164 Å². The fraction of sp³-hybridized carbons (Fsp3) is 0.364. The summed E-state index contributed by atoms with van der Waals surface area (Å²) in [5, 5.41) is 2.98. The summed E-state index contributed by atoms with van der Waals surface area (Å²) in [4.78, 5) is 26.3. The average Bonchev–Trinajstić information content (AvgIpc) is 3.06. The highest BCUT2D eigenvalue weighted by Crippen LogP contribution is 2.35. The van der Waals surface area contributed by atoms with E-state index in [1.54, 1.807) is 12.0 Å². The number of rotatable bonds is 6. The Balaban J connectivity index is 1.24. The number of methoxy groups -OCH3 is 1. The number of benzene rings is 2. The van der Waals surface area contributed by atoms with Crippen molar-refractivity contribution in [2.24, 2.45) is 5.92 Å². The van der Waals surface area contributed by atoms with Gasteiger partial charge in [-0.15, -0.1) is 0 Å². The number of nitrogens with zero attached hydrogens (tertiary/aromatic N) is 1. The van der Waals surface area contributed by atoms with Crippen molar-refractivity contribution < 1.29 is 19.1 Å². The van der Waals surface area contributed by atoms with E-state index in [9.17, 15) is 9.59 Å². The van der Waals surface area contributed by atoms with Crippen LogP contribution in [0.15, 0.2) is 42.5 Å². The summed E-state index contributed by atoms with van der Waals surface area (Å²) < 4.78 is 11.2. The molecule has 0 aliphatic carbocycles. The molecule has 2 aliphatic heterocycles. The summed E-state index contributed by atoms with van der Waals surface area (Å²) in [5.74, 6) is 1.74. The van der Waals surface area contributed by atoms with E-state index in [1.807, 2.05) is 42.5 Å². The third-order valence-corrected chi connectivity index (χ3v) is 5.35. The zero-order chi connectivity index (χ0) is 19.5. The number of carbonyl (C=O) groups excluding carboxylic acids is 2. The van der Waals surface area contributed by atoms with Crippen molar-refractivity contribution in [1.82, 2.24) is 10.2 Å². The van der Waals surface area contributed by atoms with Gasteiger partial charge >= 0.3 is 0 Å². The predicted octanol–water partition coefficient (Wildman–Crippen LogP) is 2.41. The number of ether oxygens (including phenoxy) is 2. The Morgan fingerprint density at radius 1 is 1.21 bits per heavy atom. The van der Waals surface area contributed by atoms with Crippen LogP contribution in [0.5, 0.6) is 11.5 Å². The lowest BCUT2D eigenvalue weighted by Crippen LogP contribution is -2.36. The van der Waals surface area contributed by atoms with Crippen molar-refractivity contribution in [2.45, 2.75) is 19.4 Å². The Bertz CT molecular complexity index is 896. The second-order valence-electron chi connectivity index (χ2n) is 7.27. The van der Waals surface area contributed by atoms with E-state index < -0.39 is 0 Å². The first-order chi connectivity index (χ1) is 13.7. The molecule has 0 saturated carbocycles. The van der Waals surface area contributed by atoms with E-state index in [-0.39, 0.29) is 17.7 Å². The molecule has 6 nitrogen and oxygen atoms in total. The maximum atomic E-state index is 12.4. The van der Waals surface area contributed by atoms with Crippen LogP contribution < -0.4 is 14.8 Å². The van der Waals surface area contributed by atoms with Gasteiger partial charge < -0.3 is 19.7 Å². The molecule has 2 amide bonds. The van der Waals surface area contributed by atoms with E-state index in [0.29, 0.717) is 32.7 Å². The molecule has 1 N–H and O–H groups in total. The molecule has 2 aliphatic rings. The van der Waals surface area contributed by atoms with Gasteiger partial charge in [-0.05, 0) is 29.7 Å². The van der Waals surface area contributed by atoms with E-state index in [0.717, 1.165) is 34.6 Å². The summed E-state index contributed by atoms with van der Waals surface area (Å²) >= 11 is 0. The molecule has 0 bridgehead atoms. The van der Waals surface area contributed by atoms with E-state index >= 15 is 0 Å². The minimum absolute atomic E-state index is 0.00892. The highest BCUT2D eigenvalue weighted by atomic mass is 16.5. The number of para-hydroxylation sites is 1. The molecule has 146 valence electrons. The van der Waals surface area contributed by atoms with Crippen LogP contribution in [0.25, 0.3) is 0 Å². The fourth-order valence-electron chi connectivity index (χ4n) is 3.83. The van der Waals surface area contributed by atoms with Crippen molar-refractivity contribution in [2.75, 3.05) is 26.8 Å². The first-order valence-electron chi connectivity index (χ1n) is 9.58. The minimum Gasteiger partial charge on any atom is -0.493 e. The number of carbonyl (C=O) groups is 2. The van der Waals surface area contributed by atoms with Gasteiger partial charge in [0, 0.05) is 37.5 Å². The molecule has 0 unspecified atom stereocenters. The quantitative estimate of drug-likeness (QED) is 0.836. The normalized spacial score (nSPS) is 17.5. The van der Waals surface area contributed by atoms with Gasteiger partial charge in [-0.2, -0.15) is 0 Å². The predicted molar refractivity (Wildman–Crippen MR) is 104 cm³/mol. The lowest BCUT2D eigenvalue weighted by Gasteiger charge is -2.26. The highest BCUT2D eigenvalue weighted by Gasteiger charge is 2.27. The molecule has 4 rings (SSSR count). The maximum Gasteiger partial charge on any atom is 0.254 e. The lowest BCUT2D eigenvalue weighted by molar-refractivity contribution is -0.121. The van der Waals surface area contributed by atoms with Crippen LogP contribution in [-0.4, -0.2) is 43.5 Å². The van der Waals surface area contributed by atoms with Crippen LogP contribution in [0.1, 0.15) is 27.9 Å². The topological polar surface area (TPSA) is 67.9 Å². The van der Waals surface area contributed by atoms with Crippen molar-refractivity contribution in [3.05, 3.63) is 59.2 Å². The monoisotopic (exact) mass is 380 g/mol. The summed E-state index contributed by atoms with van der Waals surface area (Å²) in [7, 11) is 1.63. The average molecular weight is 380 g/mol. The van der Waals surface area contributed by atoms with Crippen LogP contribution >= 0.6 is 0 Å². The van der Waals surface area contributed by atoms with Crippen LogP contribution in [0.3, 0.4) is 0 Å². The Morgan fingerprint density at radius 2 is 2.04 bits per heavy atom. The van der Waals surface area contributed by atoms with Crippen molar-refractivity contribution >= 4 is 11.8 Å². The minimum atomic E-state index is -0.0415. The molecule has 0 spiro atoms. The van der Waals surface area contributed by atoms with Gasteiger partial charge in [-0.25, -0.2) is 0 Å². The zero-order valence-electron chi connectivity index (χ0n) is 15.9. The van der Waals surface area contributed by atoms with Crippen molar-refractivity contribution in [3.8, 4) is 11.5 Å². The third kappa shape index (κ3) is 3.67. The summed E-state index contributed by atoms with van der Waals surface area (Å²) in [6, 6.07) is 13.5. The fourth-order valence-corrected chi connectivity index (χ4v) is 3.83. The third-order valence-electron chi connectivity index (χ3n) is 5.35. The SMILES string of the molecule is COc1cccc2c1OC[C@H](CNC(=O)CCN1Cc3ccccc3C1=O)C2. The van der Waals surface area contributed by atoms with Crippen LogP contribution in [0.4, 0.5) is 0 Å². The van der Waals surface area contributed by atoms with Crippen molar-refractivity contribution in [3.63, 3.8) is 0 Å². The molecule has 2 heterocycles. The highest BCUT2D eigenvalue weighted by molar-refractivity contribution is 5.98. The molecule has 0 radical (unpaired) electrons. The summed E-state index contributed by atoms with van der Waals surface area (Å²) in [5.41, 5.74) is 2.88. The molecule has 2 aromatic carbocycles. The smallest absolute Gasteiger partial charge is 0.254 e. The Hall–Kier alpha value is -3.02. The Morgan fingerprint density at radius 3 is 2.86 bits per heavy atom. The van der Waals surface area contributed by atoms with E-state index in [2.05, 4.69) is 5.32 Å². The molecule has 0 saturated heterocycles. The molecular weight excluding hydrogens is 356 g/mol. The molecule has 28 heavy (non-hydrogen) atoms.